The highest BCUT2D eigenvalue weighted by atomic mass is 28.1. The number of benzene rings is 3. The van der Waals surface area contributed by atoms with Crippen LogP contribution in [0.2, 0.25) is 0 Å². The maximum Gasteiger partial charge on any atom is 0.0302 e. The quantitative estimate of drug-likeness (QED) is 0.605. The van der Waals surface area contributed by atoms with Gasteiger partial charge in [0, 0.05) is 5.92 Å². The second-order valence-electron chi connectivity index (χ2n) is 6.31. The maximum absolute atomic E-state index is 2.28. The summed E-state index contributed by atoms with van der Waals surface area (Å²) >= 11 is 0. The normalized spacial score (nSPS) is 17.0. The summed E-state index contributed by atoms with van der Waals surface area (Å²) < 4.78 is 0. The molecule has 1 aliphatic rings. The molecule has 0 aromatic heterocycles. The largest absolute Gasteiger partial charge is 0.0631 e. The minimum Gasteiger partial charge on any atom is -0.0631 e. The van der Waals surface area contributed by atoms with E-state index in [1.807, 2.05) is 9.85 Å². The van der Waals surface area contributed by atoms with Gasteiger partial charge in [-0.1, -0.05) is 108 Å². The number of allylic oxidation sites excluding steroid dienone is 4. The molecule has 4 rings (SSSR count). The van der Waals surface area contributed by atoms with E-state index in [0.29, 0.717) is 5.92 Å². The summed E-state index contributed by atoms with van der Waals surface area (Å²) in [6.45, 7) is 0. The standard InChI is InChI=1S/C24H20Si/c25-22-17-16-21(18-10-4-1-5-11-18)23(19-12-6-2-7-13-19)24(22)20-14-8-3-9-15-20/h1-17,24H,25H2. The molecular formula is C24H20Si. The lowest BCUT2D eigenvalue weighted by atomic mass is 9.77. The Labute approximate surface area is 152 Å². The number of rotatable bonds is 3. The van der Waals surface area contributed by atoms with Gasteiger partial charge in [-0.25, -0.2) is 0 Å². The molecule has 1 heteroatoms. The third kappa shape index (κ3) is 3.11. The molecule has 0 radical (unpaired) electrons. The highest BCUT2D eigenvalue weighted by Gasteiger charge is 2.25. The molecular weight excluding hydrogens is 316 g/mol. The Hall–Kier alpha value is -2.77. The van der Waals surface area contributed by atoms with Crippen LogP contribution < -0.4 is 0 Å². The van der Waals surface area contributed by atoms with Gasteiger partial charge in [0.15, 0.2) is 0 Å². The van der Waals surface area contributed by atoms with E-state index < -0.39 is 0 Å². The molecule has 0 nitrogen and oxygen atoms in total. The zero-order valence-corrected chi connectivity index (χ0v) is 15.5. The van der Waals surface area contributed by atoms with Crippen molar-refractivity contribution < 1.29 is 0 Å². The van der Waals surface area contributed by atoms with E-state index in [1.165, 1.54) is 33.0 Å². The fourth-order valence-electron chi connectivity index (χ4n) is 3.55. The Morgan fingerprint density at radius 3 is 1.68 bits per heavy atom. The molecule has 0 amide bonds. The van der Waals surface area contributed by atoms with Gasteiger partial charge >= 0.3 is 0 Å². The Bertz CT molecular complexity index is 935. The number of hydrogen-bond acceptors (Lipinski definition) is 0. The summed E-state index contributed by atoms with van der Waals surface area (Å²) in [4.78, 5) is 0. The van der Waals surface area contributed by atoms with Crippen molar-refractivity contribution in [1.82, 2.24) is 0 Å². The molecule has 120 valence electrons. The molecule has 0 N–H and O–H groups in total. The van der Waals surface area contributed by atoms with Crippen LogP contribution in [0.4, 0.5) is 0 Å². The van der Waals surface area contributed by atoms with Crippen LogP contribution >= 0.6 is 0 Å². The van der Waals surface area contributed by atoms with E-state index in [4.69, 9.17) is 0 Å². The topological polar surface area (TPSA) is 0 Å². The van der Waals surface area contributed by atoms with Crippen molar-refractivity contribution in [3.63, 3.8) is 0 Å². The molecule has 1 unspecified atom stereocenters. The van der Waals surface area contributed by atoms with Gasteiger partial charge in [-0.15, -0.1) is 0 Å². The Kier molecular flexibility index (Phi) is 4.41. The van der Waals surface area contributed by atoms with Crippen LogP contribution in [0.1, 0.15) is 22.6 Å². The Morgan fingerprint density at radius 2 is 1.08 bits per heavy atom. The van der Waals surface area contributed by atoms with E-state index in [0.717, 1.165) is 0 Å². The Balaban J connectivity index is 1.98. The van der Waals surface area contributed by atoms with Crippen LogP contribution in [-0.4, -0.2) is 15.0 Å². The van der Waals surface area contributed by atoms with Gasteiger partial charge in [-0.05, 0) is 37.7 Å². The van der Waals surface area contributed by atoms with Crippen molar-refractivity contribution in [1.29, 1.82) is 0 Å². The lowest BCUT2D eigenvalue weighted by Gasteiger charge is -2.28. The van der Waals surface area contributed by atoms with Crippen molar-refractivity contribution in [2.24, 2.45) is 0 Å². The third-order valence-corrected chi connectivity index (χ3v) is 5.36. The Morgan fingerprint density at radius 1 is 0.560 bits per heavy atom. The average Bonchev–Trinajstić information content (AvgIpc) is 2.70. The van der Waals surface area contributed by atoms with Gasteiger partial charge in [-0.2, -0.15) is 0 Å². The second-order valence-corrected chi connectivity index (χ2v) is 7.13. The first-order valence-electron chi connectivity index (χ1n) is 8.61. The van der Waals surface area contributed by atoms with Crippen LogP contribution in [0.3, 0.4) is 0 Å². The van der Waals surface area contributed by atoms with Crippen molar-refractivity contribution in [2.75, 3.05) is 0 Å². The zero-order chi connectivity index (χ0) is 17.1. The SMILES string of the molecule is [SiH2]=C1C=CC(c2ccccc2)=C(c2ccccc2)C1c1ccccc1. The molecule has 3 aromatic carbocycles. The summed E-state index contributed by atoms with van der Waals surface area (Å²) in [5, 5.41) is 1.41. The minimum absolute atomic E-state index is 0.294. The zero-order valence-electron chi connectivity index (χ0n) is 14.1. The molecule has 0 heterocycles. The smallest absolute Gasteiger partial charge is 0.0302 e. The van der Waals surface area contributed by atoms with E-state index in [-0.39, 0.29) is 0 Å². The van der Waals surface area contributed by atoms with Gasteiger partial charge in [0.2, 0.25) is 0 Å². The lowest BCUT2D eigenvalue weighted by Crippen LogP contribution is -2.17. The molecule has 0 saturated heterocycles. The molecule has 0 fully saturated rings. The monoisotopic (exact) mass is 336 g/mol. The van der Waals surface area contributed by atoms with E-state index in [2.05, 4.69) is 103 Å². The predicted octanol–water partition coefficient (Wildman–Crippen LogP) is 4.76. The summed E-state index contributed by atoms with van der Waals surface area (Å²) in [5.74, 6) is 0.294. The predicted molar refractivity (Wildman–Crippen MR) is 112 cm³/mol. The van der Waals surface area contributed by atoms with Gasteiger partial charge in [0.1, 0.15) is 0 Å². The van der Waals surface area contributed by atoms with E-state index >= 15 is 0 Å². The molecule has 0 bridgehead atoms. The minimum atomic E-state index is 0.294. The van der Waals surface area contributed by atoms with Crippen molar-refractivity contribution >= 4 is 26.2 Å². The van der Waals surface area contributed by atoms with Crippen LogP contribution in [0.15, 0.2) is 103 Å². The lowest BCUT2D eigenvalue weighted by molar-refractivity contribution is 1.18. The highest BCUT2D eigenvalue weighted by molar-refractivity contribution is 6.47. The average molecular weight is 337 g/mol. The molecule has 1 aliphatic carbocycles. The van der Waals surface area contributed by atoms with Gasteiger partial charge in [-0.3, -0.25) is 0 Å². The molecule has 0 spiro atoms. The van der Waals surface area contributed by atoms with Crippen LogP contribution in [-0.2, 0) is 0 Å². The first-order valence-corrected chi connectivity index (χ1v) is 9.32. The van der Waals surface area contributed by atoms with E-state index in [1.54, 1.807) is 0 Å². The summed E-state index contributed by atoms with van der Waals surface area (Å²) in [5.41, 5.74) is 6.63. The third-order valence-electron chi connectivity index (χ3n) is 4.72. The first kappa shape index (κ1) is 15.7. The summed E-state index contributed by atoms with van der Waals surface area (Å²) in [6.07, 6.45) is 4.56. The van der Waals surface area contributed by atoms with Crippen LogP contribution in [0.5, 0.6) is 0 Å². The van der Waals surface area contributed by atoms with Crippen LogP contribution in [0, 0.1) is 0 Å². The van der Waals surface area contributed by atoms with Gasteiger partial charge in [0.25, 0.3) is 0 Å². The van der Waals surface area contributed by atoms with Crippen molar-refractivity contribution in [3.05, 3.63) is 120 Å². The van der Waals surface area contributed by atoms with Crippen molar-refractivity contribution in [3.8, 4) is 0 Å². The van der Waals surface area contributed by atoms with Gasteiger partial charge < -0.3 is 0 Å². The fraction of sp³-hybridized carbons (Fsp3) is 0.0417. The number of hydrogen-bond donors (Lipinski definition) is 0. The van der Waals surface area contributed by atoms with E-state index in [9.17, 15) is 0 Å². The molecule has 1 atom stereocenters. The molecule has 0 saturated carbocycles. The van der Waals surface area contributed by atoms with Gasteiger partial charge in [0.05, 0.1) is 0 Å². The highest BCUT2D eigenvalue weighted by Crippen LogP contribution is 2.42. The summed E-state index contributed by atoms with van der Waals surface area (Å²) in [6, 6.07) is 32.3. The molecule has 0 aliphatic heterocycles. The van der Waals surface area contributed by atoms with Crippen LogP contribution in [0.25, 0.3) is 11.1 Å². The molecule has 3 aromatic rings. The summed E-state index contributed by atoms with van der Waals surface area (Å²) in [7, 11) is 2.00. The fourth-order valence-corrected chi connectivity index (χ4v) is 4.11. The van der Waals surface area contributed by atoms with Crippen molar-refractivity contribution in [2.45, 2.75) is 5.92 Å². The maximum atomic E-state index is 2.28. The second kappa shape index (κ2) is 7.00. The molecule has 25 heavy (non-hydrogen) atoms. The first-order chi connectivity index (χ1) is 12.3.